The van der Waals surface area contributed by atoms with Gasteiger partial charge in [-0.15, -0.1) is 10.2 Å². The number of para-hydroxylation sites is 1. The van der Waals surface area contributed by atoms with Gasteiger partial charge in [0.2, 0.25) is 0 Å². The first-order chi connectivity index (χ1) is 9.24. The van der Waals surface area contributed by atoms with Crippen molar-refractivity contribution >= 4 is 16.7 Å². The first-order valence-electron chi connectivity index (χ1n) is 6.20. The van der Waals surface area contributed by atoms with Gasteiger partial charge < -0.3 is 9.88 Å². The van der Waals surface area contributed by atoms with E-state index in [-0.39, 0.29) is 6.04 Å². The van der Waals surface area contributed by atoms with Gasteiger partial charge in [0.1, 0.15) is 12.1 Å². The largest absolute Gasteiger partial charge is 0.360 e. The van der Waals surface area contributed by atoms with Crippen LogP contribution in [0.4, 0.5) is 5.82 Å². The molecule has 0 aliphatic heterocycles. The Labute approximate surface area is 111 Å². The average molecular weight is 253 g/mol. The van der Waals surface area contributed by atoms with Crippen LogP contribution < -0.4 is 5.32 Å². The van der Waals surface area contributed by atoms with Crippen molar-refractivity contribution in [2.24, 2.45) is 7.05 Å². The third-order valence-corrected chi connectivity index (χ3v) is 3.10. The molecule has 0 amide bonds. The predicted octanol–water partition coefficient (Wildman–Crippen LogP) is 2.54. The van der Waals surface area contributed by atoms with Crippen LogP contribution in [0.15, 0.2) is 42.7 Å². The minimum Gasteiger partial charge on any atom is -0.360 e. The molecule has 5 heteroatoms. The number of rotatable bonds is 3. The van der Waals surface area contributed by atoms with E-state index in [2.05, 4.69) is 32.6 Å². The fraction of sp³-hybridized carbons (Fsp3) is 0.214. The minimum absolute atomic E-state index is 0.0566. The van der Waals surface area contributed by atoms with Gasteiger partial charge in [-0.25, -0.2) is 4.98 Å². The summed E-state index contributed by atoms with van der Waals surface area (Å²) in [4.78, 5) is 4.59. The Hall–Kier alpha value is -2.43. The third kappa shape index (κ3) is 2.27. The summed E-state index contributed by atoms with van der Waals surface area (Å²) in [6.07, 6.45) is 1.70. The van der Waals surface area contributed by atoms with E-state index in [1.54, 1.807) is 6.33 Å². The molecule has 0 fully saturated rings. The van der Waals surface area contributed by atoms with E-state index in [0.29, 0.717) is 0 Å². The molecule has 2 aromatic heterocycles. The van der Waals surface area contributed by atoms with Crippen LogP contribution in [0.5, 0.6) is 0 Å². The van der Waals surface area contributed by atoms with Crippen molar-refractivity contribution < 1.29 is 0 Å². The second-order valence-electron chi connectivity index (χ2n) is 4.56. The van der Waals surface area contributed by atoms with E-state index in [4.69, 9.17) is 0 Å². The molecule has 0 saturated carbocycles. The first kappa shape index (κ1) is 11.6. The van der Waals surface area contributed by atoms with E-state index < -0.39 is 0 Å². The number of anilines is 1. The van der Waals surface area contributed by atoms with Gasteiger partial charge in [0.25, 0.3) is 0 Å². The van der Waals surface area contributed by atoms with Gasteiger partial charge in [0.15, 0.2) is 5.82 Å². The van der Waals surface area contributed by atoms with Crippen LogP contribution in [-0.4, -0.2) is 19.7 Å². The topological polar surface area (TPSA) is 55.6 Å². The number of nitrogens with zero attached hydrogens (tertiary/aromatic N) is 4. The monoisotopic (exact) mass is 253 g/mol. The number of aromatic nitrogens is 4. The lowest BCUT2D eigenvalue weighted by atomic mass is 10.2. The molecule has 0 radical (unpaired) electrons. The number of pyridine rings is 1. The van der Waals surface area contributed by atoms with Gasteiger partial charge in [0, 0.05) is 12.4 Å². The molecule has 19 heavy (non-hydrogen) atoms. The molecule has 0 aliphatic rings. The van der Waals surface area contributed by atoms with Crippen molar-refractivity contribution in [3.8, 4) is 0 Å². The maximum absolute atomic E-state index is 4.59. The smallest absolute Gasteiger partial charge is 0.154 e. The highest BCUT2D eigenvalue weighted by Crippen LogP contribution is 2.18. The zero-order chi connectivity index (χ0) is 13.2. The van der Waals surface area contributed by atoms with E-state index >= 15 is 0 Å². The molecule has 0 spiro atoms. The van der Waals surface area contributed by atoms with Gasteiger partial charge in [-0.2, -0.15) is 0 Å². The molecule has 1 N–H and O–H groups in total. The Balaban J connectivity index is 1.87. The van der Waals surface area contributed by atoms with Crippen molar-refractivity contribution in [3.05, 3.63) is 48.5 Å². The quantitative estimate of drug-likeness (QED) is 0.779. The summed E-state index contributed by atoms with van der Waals surface area (Å²) in [7, 11) is 1.93. The van der Waals surface area contributed by atoms with Crippen LogP contribution in [-0.2, 0) is 7.05 Å². The van der Waals surface area contributed by atoms with Crippen molar-refractivity contribution in [2.45, 2.75) is 13.0 Å². The Morgan fingerprint density at radius 2 is 2.00 bits per heavy atom. The van der Waals surface area contributed by atoms with Crippen LogP contribution >= 0.6 is 0 Å². The number of aryl methyl sites for hydroxylation is 1. The van der Waals surface area contributed by atoms with Crippen LogP contribution in [0.25, 0.3) is 10.9 Å². The number of hydrogen-bond acceptors (Lipinski definition) is 4. The number of fused-ring (bicyclic) bond motifs is 1. The Morgan fingerprint density at radius 1 is 1.16 bits per heavy atom. The summed E-state index contributed by atoms with van der Waals surface area (Å²) >= 11 is 0. The highest BCUT2D eigenvalue weighted by molar-refractivity contribution is 5.80. The summed E-state index contributed by atoms with van der Waals surface area (Å²) in [5.74, 6) is 1.73. The van der Waals surface area contributed by atoms with Gasteiger partial charge >= 0.3 is 0 Å². The van der Waals surface area contributed by atoms with Gasteiger partial charge in [-0.3, -0.25) is 0 Å². The van der Waals surface area contributed by atoms with Crippen LogP contribution in [0.1, 0.15) is 18.8 Å². The molecule has 3 rings (SSSR count). The molecular weight excluding hydrogens is 238 g/mol. The molecule has 1 aromatic carbocycles. The normalized spacial score (nSPS) is 12.5. The molecule has 3 aromatic rings. The van der Waals surface area contributed by atoms with Gasteiger partial charge in [0.05, 0.1) is 11.6 Å². The SMILES string of the molecule is CC(Nc1ccc2ccccc2n1)c1nncn1C. The predicted molar refractivity (Wildman–Crippen MR) is 74.8 cm³/mol. The van der Waals surface area contributed by atoms with Crippen molar-refractivity contribution in [1.29, 1.82) is 0 Å². The van der Waals surface area contributed by atoms with E-state index in [1.807, 2.05) is 42.8 Å². The van der Waals surface area contributed by atoms with E-state index in [1.165, 1.54) is 0 Å². The summed E-state index contributed by atoms with van der Waals surface area (Å²) in [6.45, 7) is 2.04. The van der Waals surface area contributed by atoms with Crippen LogP contribution in [0, 0.1) is 0 Å². The lowest BCUT2D eigenvalue weighted by Crippen LogP contribution is -2.12. The number of nitrogens with one attached hydrogen (secondary N) is 1. The van der Waals surface area contributed by atoms with Crippen molar-refractivity contribution in [3.63, 3.8) is 0 Å². The van der Waals surface area contributed by atoms with Crippen molar-refractivity contribution in [1.82, 2.24) is 19.7 Å². The lowest BCUT2D eigenvalue weighted by molar-refractivity contribution is 0.717. The molecule has 1 unspecified atom stereocenters. The summed E-state index contributed by atoms with van der Waals surface area (Å²) < 4.78 is 1.90. The second-order valence-corrected chi connectivity index (χ2v) is 4.56. The zero-order valence-corrected chi connectivity index (χ0v) is 10.9. The third-order valence-electron chi connectivity index (χ3n) is 3.10. The molecule has 0 bridgehead atoms. The van der Waals surface area contributed by atoms with Crippen molar-refractivity contribution in [2.75, 3.05) is 5.32 Å². The van der Waals surface area contributed by atoms with Gasteiger partial charge in [-0.1, -0.05) is 18.2 Å². The molecule has 96 valence electrons. The maximum atomic E-state index is 4.59. The van der Waals surface area contributed by atoms with Crippen LogP contribution in [0.2, 0.25) is 0 Å². The second kappa shape index (κ2) is 4.68. The summed E-state index contributed by atoms with van der Waals surface area (Å²) in [5, 5.41) is 12.5. The van der Waals surface area contributed by atoms with Gasteiger partial charge in [-0.05, 0) is 25.1 Å². The molecule has 2 heterocycles. The Morgan fingerprint density at radius 3 is 2.79 bits per heavy atom. The highest BCUT2D eigenvalue weighted by Gasteiger charge is 2.11. The average Bonchev–Trinajstić information content (AvgIpc) is 2.85. The lowest BCUT2D eigenvalue weighted by Gasteiger charge is -2.13. The molecule has 0 saturated heterocycles. The minimum atomic E-state index is 0.0566. The standard InChI is InChI=1S/C14H15N5/c1-10(14-18-15-9-19(14)2)16-13-8-7-11-5-3-4-6-12(11)17-13/h3-10H,1-2H3,(H,16,17). The fourth-order valence-corrected chi connectivity index (χ4v) is 2.12. The first-order valence-corrected chi connectivity index (χ1v) is 6.20. The van der Waals surface area contributed by atoms with Crippen LogP contribution in [0.3, 0.4) is 0 Å². The Kier molecular flexibility index (Phi) is 2.87. The Bertz CT molecular complexity index is 704. The zero-order valence-electron chi connectivity index (χ0n) is 10.9. The number of benzene rings is 1. The summed E-state index contributed by atoms with van der Waals surface area (Å²) in [6, 6.07) is 12.2. The highest BCUT2D eigenvalue weighted by atomic mass is 15.3. The molecule has 1 atom stereocenters. The summed E-state index contributed by atoms with van der Waals surface area (Å²) in [5.41, 5.74) is 0.984. The molecule has 5 nitrogen and oxygen atoms in total. The fourth-order valence-electron chi connectivity index (χ4n) is 2.12. The van der Waals surface area contributed by atoms with E-state index in [0.717, 1.165) is 22.5 Å². The number of hydrogen-bond donors (Lipinski definition) is 1. The molecule has 0 aliphatic carbocycles. The van der Waals surface area contributed by atoms with E-state index in [9.17, 15) is 0 Å². The molecular formula is C14H15N5. The maximum Gasteiger partial charge on any atom is 0.154 e.